The van der Waals surface area contributed by atoms with E-state index in [0.29, 0.717) is 17.1 Å². The molecule has 0 aromatic heterocycles. The maximum absolute atomic E-state index is 11.1. The quantitative estimate of drug-likeness (QED) is 0.622. The second kappa shape index (κ2) is 4.67. The molecule has 0 aliphatic heterocycles. The monoisotopic (exact) mass is 244 g/mol. The average Bonchev–Trinajstić information content (AvgIpc) is 2.31. The topological polar surface area (TPSA) is 95.6 Å². The lowest BCUT2D eigenvalue weighted by molar-refractivity contribution is 0.0698. The van der Waals surface area contributed by atoms with E-state index < -0.39 is 5.97 Å². The number of phenols is 1. The molecule has 2 rings (SSSR count). The van der Waals surface area contributed by atoms with Gasteiger partial charge in [0.1, 0.15) is 5.75 Å². The number of carboxylic acids is 1. The molecule has 0 aliphatic rings. The first-order valence-corrected chi connectivity index (χ1v) is 5.25. The van der Waals surface area contributed by atoms with Crippen LogP contribution in [0.15, 0.2) is 42.5 Å². The molecule has 0 fully saturated rings. The lowest BCUT2D eigenvalue weighted by Gasteiger charge is -2.10. The summed E-state index contributed by atoms with van der Waals surface area (Å²) < 4.78 is 0. The molecule has 92 valence electrons. The third-order valence-corrected chi connectivity index (χ3v) is 2.40. The Labute approximate surface area is 103 Å². The number of carbonyl (C=O) groups is 1. The minimum absolute atomic E-state index is 0.0818. The number of nitrogen functional groups attached to an aromatic ring is 1. The predicted molar refractivity (Wildman–Crippen MR) is 69.2 cm³/mol. The van der Waals surface area contributed by atoms with Crippen LogP contribution in [0.3, 0.4) is 0 Å². The van der Waals surface area contributed by atoms with Gasteiger partial charge in [0.05, 0.1) is 11.3 Å². The lowest BCUT2D eigenvalue weighted by atomic mass is 10.1. The molecule has 2 aromatic rings. The maximum atomic E-state index is 11.1. The molecule has 5 heteroatoms. The van der Waals surface area contributed by atoms with Crippen molar-refractivity contribution in [3.63, 3.8) is 0 Å². The molecule has 0 amide bonds. The number of rotatable bonds is 3. The normalized spacial score (nSPS) is 10.0. The predicted octanol–water partition coefficient (Wildman–Crippen LogP) is 2.42. The Kier molecular flexibility index (Phi) is 3.05. The van der Waals surface area contributed by atoms with Gasteiger partial charge in [-0.2, -0.15) is 0 Å². The van der Waals surface area contributed by atoms with E-state index in [-0.39, 0.29) is 11.3 Å². The Balaban J connectivity index is 2.37. The smallest absolute Gasteiger partial charge is 0.337 e. The first-order valence-electron chi connectivity index (χ1n) is 5.25. The van der Waals surface area contributed by atoms with E-state index in [9.17, 15) is 9.90 Å². The zero-order valence-electron chi connectivity index (χ0n) is 9.42. The third kappa shape index (κ3) is 2.52. The molecule has 2 aromatic carbocycles. The fourth-order valence-corrected chi connectivity index (χ4v) is 1.59. The molecule has 0 radical (unpaired) electrons. The molecule has 0 unspecified atom stereocenters. The summed E-state index contributed by atoms with van der Waals surface area (Å²) in [7, 11) is 0. The highest BCUT2D eigenvalue weighted by molar-refractivity contribution is 5.96. The van der Waals surface area contributed by atoms with Crippen LogP contribution in [0.25, 0.3) is 0 Å². The summed E-state index contributed by atoms with van der Waals surface area (Å²) in [6, 6.07) is 11.0. The van der Waals surface area contributed by atoms with Gasteiger partial charge in [-0.15, -0.1) is 0 Å². The van der Waals surface area contributed by atoms with Crippen LogP contribution in [-0.2, 0) is 0 Å². The van der Waals surface area contributed by atoms with Gasteiger partial charge >= 0.3 is 5.97 Å². The number of hydrogen-bond acceptors (Lipinski definition) is 4. The second-order valence-electron chi connectivity index (χ2n) is 3.79. The standard InChI is InChI=1S/C13H12N2O3/c14-8-4-5-12(11(6-8)13(17)18)15-9-2-1-3-10(16)7-9/h1-7,15-16H,14H2,(H,17,18). The largest absolute Gasteiger partial charge is 0.508 e. The number of nitrogens with two attached hydrogens (primary N) is 1. The van der Waals surface area contributed by atoms with Crippen LogP contribution in [0.4, 0.5) is 17.1 Å². The summed E-state index contributed by atoms with van der Waals surface area (Å²) in [5.41, 5.74) is 7.03. The van der Waals surface area contributed by atoms with E-state index in [0.717, 1.165) is 0 Å². The minimum Gasteiger partial charge on any atom is -0.508 e. The van der Waals surface area contributed by atoms with E-state index in [1.807, 2.05) is 0 Å². The Morgan fingerprint density at radius 2 is 1.94 bits per heavy atom. The number of benzene rings is 2. The van der Waals surface area contributed by atoms with Gasteiger partial charge in [-0.05, 0) is 30.3 Å². The highest BCUT2D eigenvalue weighted by Gasteiger charge is 2.10. The highest BCUT2D eigenvalue weighted by atomic mass is 16.4. The Bertz CT molecular complexity index is 597. The van der Waals surface area contributed by atoms with E-state index in [4.69, 9.17) is 10.8 Å². The van der Waals surface area contributed by atoms with Crippen LogP contribution >= 0.6 is 0 Å². The van der Waals surface area contributed by atoms with Crippen molar-refractivity contribution in [2.24, 2.45) is 0 Å². The minimum atomic E-state index is -1.06. The number of anilines is 3. The average molecular weight is 244 g/mol. The Hall–Kier alpha value is -2.69. The molecule has 0 saturated heterocycles. The fraction of sp³-hybridized carbons (Fsp3) is 0. The van der Waals surface area contributed by atoms with Crippen LogP contribution in [0.2, 0.25) is 0 Å². The number of hydrogen-bond donors (Lipinski definition) is 4. The van der Waals surface area contributed by atoms with Gasteiger partial charge in [-0.1, -0.05) is 6.07 Å². The number of nitrogens with one attached hydrogen (secondary N) is 1. The van der Waals surface area contributed by atoms with Crippen molar-refractivity contribution in [1.29, 1.82) is 0 Å². The SMILES string of the molecule is Nc1ccc(Nc2cccc(O)c2)c(C(=O)O)c1. The molecule has 5 N–H and O–H groups in total. The highest BCUT2D eigenvalue weighted by Crippen LogP contribution is 2.25. The maximum Gasteiger partial charge on any atom is 0.337 e. The summed E-state index contributed by atoms with van der Waals surface area (Å²) in [4.78, 5) is 11.1. The van der Waals surface area contributed by atoms with Crippen molar-refractivity contribution in [2.45, 2.75) is 0 Å². The first-order chi connectivity index (χ1) is 8.56. The van der Waals surface area contributed by atoms with Crippen LogP contribution < -0.4 is 11.1 Å². The first kappa shape index (κ1) is 11.8. The lowest BCUT2D eigenvalue weighted by Crippen LogP contribution is -2.03. The van der Waals surface area contributed by atoms with Crippen molar-refractivity contribution in [1.82, 2.24) is 0 Å². The Morgan fingerprint density at radius 3 is 2.61 bits per heavy atom. The van der Waals surface area contributed by atoms with Crippen molar-refractivity contribution in [2.75, 3.05) is 11.1 Å². The van der Waals surface area contributed by atoms with E-state index >= 15 is 0 Å². The molecule has 5 nitrogen and oxygen atoms in total. The molecule has 0 spiro atoms. The third-order valence-electron chi connectivity index (χ3n) is 2.40. The van der Waals surface area contributed by atoms with E-state index in [2.05, 4.69) is 5.32 Å². The van der Waals surface area contributed by atoms with Crippen LogP contribution in [0, 0.1) is 0 Å². The van der Waals surface area contributed by atoms with Crippen LogP contribution in [-0.4, -0.2) is 16.2 Å². The summed E-state index contributed by atoms with van der Waals surface area (Å²) in [6.45, 7) is 0. The Morgan fingerprint density at radius 1 is 1.17 bits per heavy atom. The van der Waals surface area contributed by atoms with Crippen LogP contribution in [0.1, 0.15) is 10.4 Å². The molecular formula is C13H12N2O3. The molecule has 0 aliphatic carbocycles. The van der Waals surface area contributed by atoms with Gasteiger partial charge < -0.3 is 21.3 Å². The summed E-state index contributed by atoms with van der Waals surface area (Å²) in [6.07, 6.45) is 0. The molecule has 0 bridgehead atoms. The number of aromatic hydroxyl groups is 1. The molecule has 0 atom stereocenters. The zero-order chi connectivity index (χ0) is 13.1. The van der Waals surface area contributed by atoms with E-state index in [1.54, 1.807) is 24.3 Å². The van der Waals surface area contributed by atoms with Crippen molar-refractivity contribution < 1.29 is 15.0 Å². The van der Waals surface area contributed by atoms with Gasteiger partial charge in [-0.25, -0.2) is 4.79 Å². The van der Waals surface area contributed by atoms with Gasteiger partial charge in [0.25, 0.3) is 0 Å². The van der Waals surface area contributed by atoms with E-state index in [1.165, 1.54) is 18.2 Å². The second-order valence-corrected chi connectivity index (χ2v) is 3.79. The van der Waals surface area contributed by atoms with Crippen molar-refractivity contribution >= 4 is 23.0 Å². The van der Waals surface area contributed by atoms with Gasteiger partial charge in [0.2, 0.25) is 0 Å². The zero-order valence-corrected chi connectivity index (χ0v) is 9.42. The number of aromatic carboxylic acids is 1. The fourth-order valence-electron chi connectivity index (χ4n) is 1.59. The van der Waals surface area contributed by atoms with Gasteiger partial charge in [0, 0.05) is 17.4 Å². The molecule has 0 saturated carbocycles. The molecular weight excluding hydrogens is 232 g/mol. The summed E-state index contributed by atoms with van der Waals surface area (Å²) >= 11 is 0. The van der Waals surface area contributed by atoms with Gasteiger partial charge in [-0.3, -0.25) is 0 Å². The van der Waals surface area contributed by atoms with Crippen LogP contribution in [0.5, 0.6) is 5.75 Å². The number of phenolic OH excluding ortho intramolecular Hbond substituents is 1. The van der Waals surface area contributed by atoms with Crippen molar-refractivity contribution in [3.8, 4) is 5.75 Å². The molecule has 18 heavy (non-hydrogen) atoms. The molecule has 0 heterocycles. The number of carboxylic acid groups (broad SMARTS) is 1. The summed E-state index contributed by atoms with van der Waals surface area (Å²) in [5, 5.41) is 21.3. The van der Waals surface area contributed by atoms with Gasteiger partial charge in [0.15, 0.2) is 0 Å². The summed E-state index contributed by atoms with van der Waals surface area (Å²) in [5.74, 6) is -0.961. The van der Waals surface area contributed by atoms with Crippen molar-refractivity contribution in [3.05, 3.63) is 48.0 Å².